The van der Waals surface area contributed by atoms with Gasteiger partial charge in [-0.05, 0) is 50.8 Å². The molecule has 1 aromatic rings. The van der Waals surface area contributed by atoms with E-state index in [1.807, 2.05) is 0 Å². The van der Waals surface area contributed by atoms with Crippen molar-refractivity contribution in [2.75, 3.05) is 17.2 Å². The molecule has 1 aliphatic rings. The number of sulfonamides is 1. The van der Waals surface area contributed by atoms with Gasteiger partial charge in [0.05, 0.1) is 16.3 Å². The van der Waals surface area contributed by atoms with Crippen molar-refractivity contribution < 1.29 is 8.42 Å². The number of hydrogen-bond acceptors (Lipinski definition) is 4. The highest BCUT2D eigenvalue weighted by molar-refractivity contribution is 7.89. The van der Waals surface area contributed by atoms with Crippen molar-refractivity contribution in [2.45, 2.75) is 37.6 Å². The van der Waals surface area contributed by atoms with E-state index < -0.39 is 10.0 Å². The number of hydrogen-bond donors (Lipinski definition) is 2. The van der Waals surface area contributed by atoms with Crippen molar-refractivity contribution >= 4 is 21.4 Å². The smallest absolute Gasteiger partial charge is 0.238 e. The Balaban J connectivity index is 2.32. The normalized spacial score (nSPS) is 15.8. The third-order valence-corrected chi connectivity index (χ3v) is 4.32. The maximum atomic E-state index is 11.3. The summed E-state index contributed by atoms with van der Waals surface area (Å²) in [5, 5.41) is 5.11. The fourth-order valence-electron chi connectivity index (χ4n) is 2.14. The van der Waals surface area contributed by atoms with E-state index in [4.69, 9.17) is 10.9 Å². The highest BCUT2D eigenvalue weighted by Gasteiger charge is 2.26. The molecule has 2 rings (SSSR count). The largest absolute Gasteiger partial charge is 0.397 e. The molecule has 0 aliphatic heterocycles. The molecule has 1 aromatic carbocycles. The molecule has 106 valence electrons. The number of rotatable bonds is 5. The van der Waals surface area contributed by atoms with E-state index in [2.05, 4.69) is 18.7 Å². The molecule has 0 atom stereocenters. The van der Waals surface area contributed by atoms with Crippen LogP contribution in [0.1, 0.15) is 26.7 Å². The van der Waals surface area contributed by atoms with Crippen molar-refractivity contribution in [1.82, 2.24) is 0 Å². The third-order valence-electron chi connectivity index (χ3n) is 3.41. The van der Waals surface area contributed by atoms with Gasteiger partial charge >= 0.3 is 0 Å². The predicted molar refractivity (Wildman–Crippen MR) is 77.4 cm³/mol. The number of nitrogens with zero attached hydrogens (tertiary/aromatic N) is 1. The Morgan fingerprint density at radius 1 is 1.37 bits per heavy atom. The number of nitrogens with two attached hydrogens (primary N) is 2. The number of benzene rings is 1. The fourth-order valence-corrected chi connectivity index (χ4v) is 2.69. The van der Waals surface area contributed by atoms with Gasteiger partial charge in [-0.15, -0.1) is 0 Å². The molecule has 0 aromatic heterocycles. The van der Waals surface area contributed by atoms with Crippen LogP contribution in [-0.4, -0.2) is 21.0 Å². The zero-order chi connectivity index (χ0) is 14.2. The van der Waals surface area contributed by atoms with Gasteiger partial charge in [0.25, 0.3) is 0 Å². The van der Waals surface area contributed by atoms with E-state index in [-0.39, 0.29) is 4.90 Å². The zero-order valence-corrected chi connectivity index (χ0v) is 12.2. The molecule has 1 saturated carbocycles. The lowest BCUT2D eigenvalue weighted by Crippen LogP contribution is -2.33. The van der Waals surface area contributed by atoms with E-state index in [9.17, 15) is 8.42 Å². The molecule has 0 unspecified atom stereocenters. The van der Waals surface area contributed by atoms with Crippen LogP contribution < -0.4 is 15.8 Å². The summed E-state index contributed by atoms with van der Waals surface area (Å²) in [6, 6.07) is 5.02. The van der Waals surface area contributed by atoms with Crippen LogP contribution in [0.15, 0.2) is 23.1 Å². The van der Waals surface area contributed by atoms with Crippen molar-refractivity contribution in [1.29, 1.82) is 0 Å². The summed E-state index contributed by atoms with van der Waals surface area (Å²) in [4.78, 5) is 2.28. The number of anilines is 2. The molecular weight excluding hydrogens is 262 g/mol. The average molecular weight is 283 g/mol. The molecule has 6 heteroatoms. The summed E-state index contributed by atoms with van der Waals surface area (Å²) in [6.45, 7) is 5.18. The van der Waals surface area contributed by atoms with E-state index >= 15 is 0 Å². The molecule has 1 aliphatic carbocycles. The van der Waals surface area contributed by atoms with Gasteiger partial charge < -0.3 is 10.6 Å². The van der Waals surface area contributed by atoms with Crippen molar-refractivity contribution in [3.63, 3.8) is 0 Å². The van der Waals surface area contributed by atoms with Gasteiger partial charge in [0.2, 0.25) is 10.0 Å². The highest BCUT2D eigenvalue weighted by atomic mass is 32.2. The molecule has 0 amide bonds. The van der Waals surface area contributed by atoms with Crippen LogP contribution in [0.25, 0.3) is 0 Å². The molecule has 1 fully saturated rings. The first-order valence-corrected chi connectivity index (χ1v) is 8.02. The standard InChI is InChI=1S/C13H21N3O2S/c1-9(2)16(8-10-3-4-10)13-6-5-11(7-12(13)14)19(15,17)18/h5-7,9-10H,3-4,8,14H2,1-2H3,(H2,15,17,18). The molecule has 0 spiro atoms. The van der Waals surface area contributed by atoms with Gasteiger partial charge in [0, 0.05) is 12.6 Å². The first-order chi connectivity index (χ1) is 8.79. The van der Waals surface area contributed by atoms with Crippen LogP contribution in [0.3, 0.4) is 0 Å². The highest BCUT2D eigenvalue weighted by Crippen LogP contribution is 2.34. The van der Waals surface area contributed by atoms with Crippen molar-refractivity contribution in [3.05, 3.63) is 18.2 Å². The first kappa shape index (κ1) is 14.1. The van der Waals surface area contributed by atoms with Gasteiger partial charge in [-0.3, -0.25) is 0 Å². The van der Waals surface area contributed by atoms with Gasteiger partial charge in [-0.2, -0.15) is 0 Å². The molecule has 0 saturated heterocycles. The minimum Gasteiger partial charge on any atom is -0.397 e. The number of primary sulfonamides is 1. The second kappa shape index (κ2) is 5.02. The van der Waals surface area contributed by atoms with Gasteiger partial charge in [-0.25, -0.2) is 13.6 Å². The van der Waals surface area contributed by atoms with Gasteiger partial charge in [-0.1, -0.05) is 0 Å². The minimum atomic E-state index is -3.70. The Bertz CT molecular complexity index is 565. The lowest BCUT2D eigenvalue weighted by atomic mass is 10.2. The van der Waals surface area contributed by atoms with Crippen LogP contribution in [0.5, 0.6) is 0 Å². The maximum Gasteiger partial charge on any atom is 0.238 e. The van der Waals surface area contributed by atoms with Crippen LogP contribution in [-0.2, 0) is 10.0 Å². The van der Waals surface area contributed by atoms with E-state index in [1.54, 1.807) is 6.07 Å². The Morgan fingerprint density at radius 3 is 2.42 bits per heavy atom. The summed E-state index contributed by atoms with van der Waals surface area (Å²) in [6.07, 6.45) is 2.52. The molecule has 4 N–H and O–H groups in total. The van der Waals surface area contributed by atoms with Crippen molar-refractivity contribution in [2.24, 2.45) is 11.1 Å². The first-order valence-electron chi connectivity index (χ1n) is 6.48. The van der Waals surface area contributed by atoms with Crippen LogP contribution in [0.2, 0.25) is 0 Å². The van der Waals surface area contributed by atoms with Gasteiger partial charge in [0.1, 0.15) is 0 Å². The maximum absolute atomic E-state index is 11.3. The topological polar surface area (TPSA) is 89.4 Å². The average Bonchev–Trinajstić information content (AvgIpc) is 3.08. The van der Waals surface area contributed by atoms with E-state index in [0.717, 1.165) is 18.2 Å². The predicted octanol–water partition coefficient (Wildman–Crippen LogP) is 1.54. The number of nitrogen functional groups attached to an aromatic ring is 1. The summed E-state index contributed by atoms with van der Waals surface area (Å²) in [7, 11) is -3.70. The second-order valence-electron chi connectivity index (χ2n) is 5.46. The minimum absolute atomic E-state index is 0.0591. The monoisotopic (exact) mass is 283 g/mol. The Labute approximate surface area is 114 Å². The Hall–Kier alpha value is -1.27. The SMILES string of the molecule is CC(C)N(CC1CC1)c1ccc(S(N)(=O)=O)cc1N. The lowest BCUT2D eigenvalue weighted by Gasteiger charge is -2.30. The second-order valence-corrected chi connectivity index (χ2v) is 7.02. The molecule has 0 radical (unpaired) electrons. The lowest BCUT2D eigenvalue weighted by molar-refractivity contribution is 0.597. The summed E-state index contributed by atoms with van der Waals surface area (Å²) >= 11 is 0. The Morgan fingerprint density at radius 2 is 2.00 bits per heavy atom. The molecule has 5 nitrogen and oxygen atoms in total. The zero-order valence-electron chi connectivity index (χ0n) is 11.3. The third kappa shape index (κ3) is 3.39. The van der Waals surface area contributed by atoms with Crippen LogP contribution in [0.4, 0.5) is 11.4 Å². The Kier molecular flexibility index (Phi) is 3.73. The van der Waals surface area contributed by atoms with E-state index in [0.29, 0.717) is 11.7 Å². The summed E-state index contributed by atoms with van der Waals surface area (Å²) < 4.78 is 22.6. The van der Waals surface area contributed by atoms with Crippen molar-refractivity contribution in [3.8, 4) is 0 Å². The molecular formula is C13H21N3O2S. The molecule has 0 heterocycles. The van der Waals surface area contributed by atoms with Crippen LogP contribution >= 0.6 is 0 Å². The summed E-state index contributed by atoms with van der Waals surface area (Å²) in [5.41, 5.74) is 7.33. The molecule has 0 bridgehead atoms. The summed E-state index contributed by atoms with van der Waals surface area (Å²) in [5.74, 6) is 0.736. The van der Waals surface area contributed by atoms with Crippen LogP contribution in [0, 0.1) is 5.92 Å². The fraction of sp³-hybridized carbons (Fsp3) is 0.538. The van der Waals surface area contributed by atoms with E-state index in [1.165, 1.54) is 25.0 Å². The molecule has 19 heavy (non-hydrogen) atoms. The quantitative estimate of drug-likeness (QED) is 0.802. The van der Waals surface area contributed by atoms with Gasteiger partial charge in [0.15, 0.2) is 0 Å².